The van der Waals surface area contributed by atoms with E-state index in [1.165, 1.54) is 33.9 Å². The predicted octanol–water partition coefficient (Wildman–Crippen LogP) is 2.66. The lowest BCUT2D eigenvalue weighted by Crippen LogP contribution is -2.41. The molecule has 1 aromatic heterocycles. The van der Waals surface area contributed by atoms with Gasteiger partial charge in [0.05, 0.1) is 23.0 Å². The Balaban J connectivity index is 1.45. The maximum atomic E-state index is 12.6. The highest BCUT2D eigenvalue weighted by atomic mass is 32.2. The number of thiophene rings is 1. The number of amides is 1. The number of benzene rings is 1. The lowest BCUT2D eigenvalue weighted by atomic mass is 9.90. The summed E-state index contributed by atoms with van der Waals surface area (Å²) in [5.41, 5.74) is 3.51. The molecule has 4 rings (SSSR count). The van der Waals surface area contributed by atoms with Gasteiger partial charge in [-0.3, -0.25) is 10.2 Å². The minimum absolute atomic E-state index is 0.00338. The lowest BCUT2D eigenvalue weighted by Gasteiger charge is -2.16. The Kier molecular flexibility index (Phi) is 5.31. The Bertz CT molecular complexity index is 1000. The van der Waals surface area contributed by atoms with Crippen molar-refractivity contribution in [2.24, 2.45) is 5.92 Å². The molecule has 1 atom stereocenters. The summed E-state index contributed by atoms with van der Waals surface area (Å²) in [5.74, 6) is 1.05. The standard InChI is InChI=1S/C19H22N2O5S2/c1-12-3-6-17-13(9-12)10-18(27-17)19(22)20-21-28(23,24)14-4-5-15-16(11-14)26-8-2-7-25-15/h4-5,10-12,21H,2-3,6-9H2,1H3,(H,20,22). The number of carbonyl (C=O) groups is 1. The summed E-state index contributed by atoms with van der Waals surface area (Å²) < 4.78 is 36.2. The van der Waals surface area contributed by atoms with Crippen LogP contribution in [0.15, 0.2) is 29.2 Å². The smallest absolute Gasteiger partial charge is 0.276 e. The zero-order valence-electron chi connectivity index (χ0n) is 15.5. The quantitative estimate of drug-likeness (QED) is 0.739. The van der Waals surface area contributed by atoms with Crippen molar-refractivity contribution in [3.05, 3.63) is 39.6 Å². The van der Waals surface area contributed by atoms with Gasteiger partial charge < -0.3 is 9.47 Å². The fraction of sp³-hybridized carbons (Fsp3) is 0.421. The second kappa shape index (κ2) is 7.73. The van der Waals surface area contributed by atoms with Crippen LogP contribution in [0.3, 0.4) is 0 Å². The molecule has 28 heavy (non-hydrogen) atoms. The highest BCUT2D eigenvalue weighted by molar-refractivity contribution is 7.89. The van der Waals surface area contributed by atoms with Crippen LogP contribution in [0, 0.1) is 5.92 Å². The number of fused-ring (bicyclic) bond motifs is 2. The van der Waals surface area contributed by atoms with Crippen molar-refractivity contribution in [1.29, 1.82) is 0 Å². The molecule has 150 valence electrons. The molecule has 0 radical (unpaired) electrons. The van der Waals surface area contributed by atoms with Gasteiger partial charge in [0, 0.05) is 17.4 Å². The summed E-state index contributed by atoms with van der Waals surface area (Å²) in [6, 6.07) is 6.26. The van der Waals surface area contributed by atoms with Crippen molar-refractivity contribution in [1.82, 2.24) is 10.3 Å². The molecule has 1 aliphatic heterocycles. The maximum absolute atomic E-state index is 12.6. The van der Waals surface area contributed by atoms with Crippen LogP contribution < -0.4 is 19.7 Å². The SMILES string of the molecule is CC1CCc2sc(C(=O)NNS(=O)(=O)c3ccc4c(c3)OCCCO4)cc2C1. The van der Waals surface area contributed by atoms with Gasteiger partial charge in [0.15, 0.2) is 11.5 Å². The van der Waals surface area contributed by atoms with Gasteiger partial charge in [-0.2, -0.15) is 0 Å². The summed E-state index contributed by atoms with van der Waals surface area (Å²) >= 11 is 1.43. The fourth-order valence-corrected chi connectivity index (χ4v) is 5.32. The molecule has 0 spiro atoms. The summed E-state index contributed by atoms with van der Waals surface area (Å²) in [4.78, 5) is 16.3. The largest absolute Gasteiger partial charge is 0.490 e. The lowest BCUT2D eigenvalue weighted by molar-refractivity contribution is 0.0949. The first kappa shape index (κ1) is 19.2. The van der Waals surface area contributed by atoms with E-state index in [9.17, 15) is 13.2 Å². The number of carbonyl (C=O) groups excluding carboxylic acids is 1. The highest BCUT2D eigenvalue weighted by Gasteiger charge is 2.23. The van der Waals surface area contributed by atoms with E-state index in [-0.39, 0.29) is 4.90 Å². The van der Waals surface area contributed by atoms with Crippen molar-refractivity contribution in [2.75, 3.05) is 13.2 Å². The molecule has 2 aliphatic rings. The molecule has 7 nitrogen and oxygen atoms in total. The topological polar surface area (TPSA) is 93.7 Å². The van der Waals surface area contributed by atoms with Gasteiger partial charge in [-0.1, -0.05) is 6.92 Å². The number of ether oxygens (including phenoxy) is 2. The molecule has 9 heteroatoms. The minimum Gasteiger partial charge on any atom is -0.490 e. The van der Waals surface area contributed by atoms with Crippen molar-refractivity contribution >= 4 is 27.3 Å². The third-order valence-corrected chi connectivity index (χ3v) is 7.36. The second-order valence-corrected chi connectivity index (χ2v) is 9.94. The van der Waals surface area contributed by atoms with Crippen LogP contribution in [0.5, 0.6) is 11.5 Å². The van der Waals surface area contributed by atoms with Crippen molar-refractivity contribution in [2.45, 2.75) is 37.5 Å². The molecule has 2 heterocycles. The molecule has 0 saturated heterocycles. The van der Waals surface area contributed by atoms with Crippen LogP contribution in [0.4, 0.5) is 0 Å². The molecule has 0 bridgehead atoms. The Morgan fingerprint density at radius 3 is 2.79 bits per heavy atom. The predicted molar refractivity (Wildman–Crippen MR) is 105 cm³/mol. The maximum Gasteiger partial charge on any atom is 0.276 e. The van der Waals surface area contributed by atoms with E-state index >= 15 is 0 Å². The van der Waals surface area contributed by atoms with Gasteiger partial charge in [0.2, 0.25) is 0 Å². The molecule has 0 saturated carbocycles. The Morgan fingerprint density at radius 1 is 1.18 bits per heavy atom. The Morgan fingerprint density at radius 2 is 1.96 bits per heavy atom. The molecular weight excluding hydrogens is 400 g/mol. The number of hydrogen-bond donors (Lipinski definition) is 2. The summed E-state index contributed by atoms with van der Waals surface area (Å²) in [5, 5.41) is 0. The molecule has 0 fully saturated rings. The zero-order chi connectivity index (χ0) is 19.7. The average Bonchev–Trinajstić information content (AvgIpc) is 2.95. The van der Waals surface area contributed by atoms with Gasteiger partial charge >= 0.3 is 0 Å². The summed E-state index contributed by atoms with van der Waals surface area (Å²) in [7, 11) is -3.93. The first-order valence-electron chi connectivity index (χ1n) is 9.26. The van der Waals surface area contributed by atoms with Crippen LogP contribution in [0.2, 0.25) is 0 Å². The van der Waals surface area contributed by atoms with Crippen molar-refractivity contribution in [3.63, 3.8) is 0 Å². The number of sulfonamides is 1. The third-order valence-electron chi connectivity index (χ3n) is 4.88. The molecular formula is C19H22N2O5S2. The summed E-state index contributed by atoms with van der Waals surface area (Å²) in [6.45, 7) is 3.18. The van der Waals surface area contributed by atoms with Crippen LogP contribution in [-0.4, -0.2) is 27.5 Å². The van der Waals surface area contributed by atoms with Gasteiger partial charge in [0.1, 0.15) is 0 Å². The first-order valence-corrected chi connectivity index (χ1v) is 11.6. The van der Waals surface area contributed by atoms with Gasteiger partial charge in [-0.05, 0) is 48.9 Å². The Labute approximate surface area is 168 Å². The molecule has 2 aromatic rings. The van der Waals surface area contributed by atoms with Crippen LogP contribution >= 0.6 is 11.3 Å². The number of rotatable bonds is 4. The van der Waals surface area contributed by atoms with Crippen LogP contribution in [0.25, 0.3) is 0 Å². The fourth-order valence-electron chi connectivity index (χ4n) is 3.36. The molecule has 1 amide bonds. The van der Waals surface area contributed by atoms with E-state index in [4.69, 9.17) is 9.47 Å². The first-order chi connectivity index (χ1) is 13.4. The molecule has 1 unspecified atom stereocenters. The highest BCUT2D eigenvalue weighted by Crippen LogP contribution is 2.33. The number of hydrazine groups is 1. The van der Waals surface area contributed by atoms with Gasteiger partial charge in [-0.25, -0.2) is 8.42 Å². The second-order valence-electron chi connectivity index (χ2n) is 7.13. The summed E-state index contributed by atoms with van der Waals surface area (Å²) in [6.07, 6.45) is 3.78. The normalized spacial score (nSPS) is 18.8. The number of aryl methyl sites for hydroxylation is 1. The van der Waals surface area contributed by atoms with Gasteiger partial charge in [0.25, 0.3) is 15.9 Å². The molecule has 2 N–H and O–H groups in total. The van der Waals surface area contributed by atoms with E-state index in [0.29, 0.717) is 35.5 Å². The van der Waals surface area contributed by atoms with E-state index in [2.05, 4.69) is 17.2 Å². The van der Waals surface area contributed by atoms with Crippen LogP contribution in [0.1, 0.15) is 39.9 Å². The van der Waals surface area contributed by atoms with Crippen LogP contribution in [-0.2, 0) is 22.9 Å². The third kappa shape index (κ3) is 4.01. The van der Waals surface area contributed by atoms with Crippen molar-refractivity contribution in [3.8, 4) is 11.5 Å². The molecule has 1 aliphatic carbocycles. The number of hydrogen-bond acceptors (Lipinski definition) is 6. The molecule has 1 aromatic carbocycles. The monoisotopic (exact) mass is 422 g/mol. The number of nitrogens with one attached hydrogen (secondary N) is 2. The van der Waals surface area contributed by atoms with Crippen molar-refractivity contribution < 1.29 is 22.7 Å². The van der Waals surface area contributed by atoms with E-state index < -0.39 is 15.9 Å². The average molecular weight is 423 g/mol. The Hall–Kier alpha value is -2.10. The van der Waals surface area contributed by atoms with E-state index in [0.717, 1.165) is 25.7 Å². The minimum atomic E-state index is -3.93. The van der Waals surface area contributed by atoms with E-state index in [1.54, 1.807) is 6.07 Å². The zero-order valence-corrected chi connectivity index (χ0v) is 17.1. The van der Waals surface area contributed by atoms with E-state index in [1.807, 2.05) is 6.07 Å². The van der Waals surface area contributed by atoms with Gasteiger partial charge in [-0.15, -0.1) is 16.2 Å².